The number of fused-ring (bicyclic) bond motifs is 1. The highest BCUT2D eigenvalue weighted by molar-refractivity contribution is 6.01. The first-order chi connectivity index (χ1) is 10.2. The van der Waals surface area contributed by atoms with E-state index in [1.807, 2.05) is 42.5 Å². The van der Waals surface area contributed by atoms with E-state index in [1.54, 1.807) is 0 Å². The van der Waals surface area contributed by atoms with E-state index in [0.29, 0.717) is 5.92 Å². The van der Waals surface area contributed by atoms with Gasteiger partial charge in [0, 0.05) is 11.4 Å². The zero-order valence-corrected chi connectivity index (χ0v) is 12.2. The Kier molecular flexibility index (Phi) is 4.06. The van der Waals surface area contributed by atoms with Crippen LogP contribution < -0.4 is 16.0 Å². The molecule has 0 saturated carbocycles. The van der Waals surface area contributed by atoms with Crippen LogP contribution in [0, 0.1) is 5.92 Å². The molecule has 4 nitrogen and oxygen atoms in total. The molecule has 1 heterocycles. The van der Waals surface area contributed by atoms with Gasteiger partial charge >= 0.3 is 6.03 Å². The van der Waals surface area contributed by atoms with Gasteiger partial charge in [-0.3, -0.25) is 0 Å². The largest absolute Gasteiger partial charge is 0.335 e. The Labute approximate surface area is 124 Å². The van der Waals surface area contributed by atoms with Crippen molar-refractivity contribution in [2.24, 2.45) is 5.92 Å². The molecule has 2 aromatic rings. The summed E-state index contributed by atoms with van der Waals surface area (Å²) in [6.07, 6.45) is 1.12. The number of carbonyl (C=O) groups is 1. The van der Waals surface area contributed by atoms with Gasteiger partial charge < -0.3 is 16.0 Å². The number of carbonyl (C=O) groups excluding carboxylic acids is 1. The summed E-state index contributed by atoms with van der Waals surface area (Å²) in [5.41, 5.74) is 0.849. The molecule has 2 unspecified atom stereocenters. The van der Waals surface area contributed by atoms with Gasteiger partial charge in [0.2, 0.25) is 0 Å². The van der Waals surface area contributed by atoms with Crippen LogP contribution in [0.1, 0.15) is 13.3 Å². The van der Waals surface area contributed by atoms with Crippen LogP contribution >= 0.6 is 0 Å². The fourth-order valence-electron chi connectivity index (χ4n) is 2.92. The molecule has 0 bridgehead atoms. The number of amides is 2. The van der Waals surface area contributed by atoms with Gasteiger partial charge in [0.15, 0.2) is 0 Å². The predicted octanol–water partition coefficient (Wildman–Crippen LogP) is 2.96. The molecule has 1 saturated heterocycles. The third-order valence-corrected chi connectivity index (χ3v) is 4.20. The zero-order valence-electron chi connectivity index (χ0n) is 12.2. The number of rotatable bonds is 3. The van der Waals surface area contributed by atoms with E-state index in [9.17, 15) is 4.79 Å². The van der Waals surface area contributed by atoms with Crippen molar-refractivity contribution in [2.75, 3.05) is 18.4 Å². The first kappa shape index (κ1) is 13.9. The number of benzene rings is 2. The third-order valence-electron chi connectivity index (χ3n) is 4.20. The van der Waals surface area contributed by atoms with Crippen LogP contribution in [-0.2, 0) is 0 Å². The van der Waals surface area contributed by atoms with Crippen molar-refractivity contribution < 1.29 is 4.79 Å². The molecule has 1 fully saturated rings. The molecular weight excluding hydrogens is 262 g/mol. The van der Waals surface area contributed by atoms with E-state index < -0.39 is 0 Å². The van der Waals surface area contributed by atoms with Crippen molar-refractivity contribution in [2.45, 2.75) is 19.4 Å². The molecule has 4 heteroatoms. The molecule has 0 spiro atoms. The maximum atomic E-state index is 12.2. The molecule has 0 aromatic heterocycles. The Balaban J connectivity index is 1.68. The van der Waals surface area contributed by atoms with E-state index in [-0.39, 0.29) is 12.1 Å². The van der Waals surface area contributed by atoms with Crippen molar-refractivity contribution in [1.82, 2.24) is 10.6 Å². The van der Waals surface area contributed by atoms with E-state index >= 15 is 0 Å². The first-order valence-electron chi connectivity index (χ1n) is 7.50. The van der Waals surface area contributed by atoms with Gasteiger partial charge in [0.05, 0.1) is 5.69 Å². The molecule has 110 valence electrons. The highest BCUT2D eigenvalue weighted by atomic mass is 16.2. The summed E-state index contributed by atoms with van der Waals surface area (Å²) in [5.74, 6) is 0.517. The van der Waals surface area contributed by atoms with Crippen molar-refractivity contribution in [3.8, 4) is 0 Å². The predicted molar refractivity (Wildman–Crippen MR) is 86.5 cm³/mol. The summed E-state index contributed by atoms with van der Waals surface area (Å²) in [5, 5.41) is 11.5. The van der Waals surface area contributed by atoms with Crippen molar-refractivity contribution in [3.05, 3.63) is 42.5 Å². The minimum Gasteiger partial charge on any atom is -0.335 e. The van der Waals surface area contributed by atoms with Gasteiger partial charge in [-0.05, 0) is 43.8 Å². The SMILES string of the molecule is CC(NC(=O)Nc1cccc2ccccc12)C1CCNC1. The molecule has 2 atom stereocenters. The Morgan fingerprint density at radius 2 is 2.05 bits per heavy atom. The smallest absolute Gasteiger partial charge is 0.319 e. The Morgan fingerprint density at radius 1 is 1.24 bits per heavy atom. The highest BCUT2D eigenvalue weighted by Crippen LogP contribution is 2.23. The number of hydrogen-bond donors (Lipinski definition) is 3. The van der Waals surface area contributed by atoms with Gasteiger partial charge in [-0.25, -0.2) is 4.79 Å². The fraction of sp³-hybridized carbons (Fsp3) is 0.353. The van der Waals surface area contributed by atoms with Crippen LogP contribution in [0.15, 0.2) is 42.5 Å². The standard InChI is InChI=1S/C17H21N3O/c1-12(14-9-10-18-11-14)19-17(21)20-16-8-4-6-13-5-2-3-7-15(13)16/h2-8,12,14,18H,9-11H2,1H3,(H2,19,20,21). The Bertz CT molecular complexity index is 629. The minimum absolute atomic E-state index is 0.134. The summed E-state index contributed by atoms with van der Waals surface area (Å²) >= 11 is 0. The second-order valence-electron chi connectivity index (χ2n) is 5.67. The third kappa shape index (κ3) is 3.16. The van der Waals surface area contributed by atoms with Crippen LogP contribution in [-0.4, -0.2) is 25.2 Å². The van der Waals surface area contributed by atoms with E-state index in [4.69, 9.17) is 0 Å². The molecule has 3 N–H and O–H groups in total. The van der Waals surface area contributed by atoms with Gasteiger partial charge in [-0.2, -0.15) is 0 Å². The Morgan fingerprint density at radius 3 is 2.86 bits per heavy atom. The van der Waals surface area contributed by atoms with E-state index in [2.05, 4.69) is 22.9 Å². The molecule has 2 amide bonds. The van der Waals surface area contributed by atoms with Crippen molar-refractivity contribution >= 4 is 22.5 Å². The monoisotopic (exact) mass is 283 g/mol. The summed E-state index contributed by atoms with van der Waals surface area (Å²) in [7, 11) is 0. The lowest BCUT2D eigenvalue weighted by Crippen LogP contribution is -2.41. The van der Waals surface area contributed by atoms with Crippen molar-refractivity contribution in [3.63, 3.8) is 0 Å². The summed E-state index contributed by atoms with van der Waals surface area (Å²) in [4.78, 5) is 12.2. The number of nitrogens with one attached hydrogen (secondary N) is 3. The Hall–Kier alpha value is -2.07. The van der Waals surface area contributed by atoms with Gasteiger partial charge in [-0.1, -0.05) is 36.4 Å². The first-order valence-corrected chi connectivity index (χ1v) is 7.50. The fourth-order valence-corrected chi connectivity index (χ4v) is 2.92. The van der Waals surface area contributed by atoms with Crippen LogP contribution in [0.5, 0.6) is 0 Å². The summed E-state index contributed by atoms with van der Waals surface area (Å²) in [6.45, 7) is 4.09. The average molecular weight is 283 g/mol. The van der Waals surface area contributed by atoms with Gasteiger partial charge in [0.1, 0.15) is 0 Å². The van der Waals surface area contributed by atoms with Crippen LogP contribution in [0.25, 0.3) is 10.8 Å². The second-order valence-corrected chi connectivity index (χ2v) is 5.67. The lowest BCUT2D eigenvalue weighted by Gasteiger charge is -2.20. The quantitative estimate of drug-likeness (QED) is 0.811. The van der Waals surface area contributed by atoms with Crippen LogP contribution in [0.2, 0.25) is 0 Å². The molecule has 21 heavy (non-hydrogen) atoms. The molecule has 3 rings (SSSR count). The molecule has 1 aliphatic rings. The highest BCUT2D eigenvalue weighted by Gasteiger charge is 2.22. The number of anilines is 1. The maximum absolute atomic E-state index is 12.2. The van der Waals surface area contributed by atoms with E-state index in [0.717, 1.165) is 36.0 Å². The topological polar surface area (TPSA) is 53.2 Å². The second kappa shape index (κ2) is 6.14. The molecule has 1 aliphatic heterocycles. The normalized spacial score (nSPS) is 19.4. The lowest BCUT2D eigenvalue weighted by atomic mass is 10.0. The van der Waals surface area contributed by atoms with Gasteiger partial charge in [-0.15, -0.1) is 0 Å². The molecule has 0 aliphatic carbocycles. The molecule has 2 aromatic carbocycles. The zero-order chi connectivity index (χ0) is 14.7. The lowest BCUT2D eigenvalue weighted by molar-refractivity contribution is 0.245. The summed E-state index contributed by atoms with van der Waals surface area (Å²) < 4.78 is 0. The van der Waals surface area contributed by atoms with Crippen LogP contribution in [0.4, 0.5) is 10.5 Å². The van der Waals surface area contributed by atoms with Gasteiger partial charge in [0.25, 0.3) is 0 Å². The van der Waals surface area contributed by atoms with E-state index in [1.165, 1.54) is 0 Å². The molecule has 0 radical (unpaired) electrons. The minimum atomic E-state index is -0.134. The molecular formula is C17H21N3O. The average Bonchev–Trinajstić information content (AvgIpc) is 3.02. The number of urea groups is 1. The van der Waals surface area contributed by atoms with Crippen molar-refractivity contribution in [1.29, 1.82) is 0 Å². The summed E-state index contributed by atoms with van der Waals surface area (Å²) in [6, 6.07) is 14.0. The maximum Gasteiger partial charge on any atom is 0.319 e. The number of hydrogen-bond acceptors (Lipinski definition) is 2. The van der Waals surface area contributed by atoms with Crippen LogP contribution in [0.3, 0.4) is 0 Å².